The summed E-state index contributed by atoms with van der Waals surface area (Å²) in [5, 5.41) is 11.3. The number of hydrogen-bond donors (Lipinski definition) is 1. The van der Waals surface area contributed by atoms with Gasteiger partial charge in [0.2, 0.25) is 5.91 Å². The van der Waals surface area contributed by atoms with Gasteiger partial charge in [0.15, 0.2) is 0 Å². The van der Waals surface area contributed by atoms with Crippen LogP contribution in [0.5, 0.6) is 0 Å². The van der Waals surface area contributed by atoms with Gasteiger partial charge in [-0.3, -0.25) is 14.3 Å². The Hall–Kier alpha value is -2.64. The molecule has 8 nitrogen and oxygen atoms in total. The predicted molar refractivity (Wildman–Crippen MR) is 99.0 cm³/mol. The fraction of sp³-hybridized carbons (Fsp3) is 0.556. The Balaban J connectivity index is 1.48. The van der Waals surface area contributed by atoms with Gasteiger partial charge in [0.05, 0.1) is 11.9 Å². The summed E-state index contributed by atoms with van der Waals surface area (Å²) in [6.07, 6.45) is 7.92. The SMILES string of the molecule is CC[C@@H](C(=O)NCC1CCN(c2cnn(C)c(=O)c2)CC1)n1cccn1. The molecule has 0 saturated carbocycles. The third-order valence-electron chi connectivity index (χ3n) is 5.03. The molecule has 2 aromatic rings. The molecule has 0 bridgehead atoms. The van der Waals surface area contributed by atoms with Crippen LogP contribution in [-0.2, 0) is 11.8 Å². The Kier molecular flexibility index (Phi) is 5.70. The second-order valence-electron chi connectivity index (χ2n) is 6.76. The monoisotopic (exact) mass is 358 g/mol. The van der Waals surface area contributed by atoms with Gasteiger partial charge < -0.3 is 10.2 Å². The number of aryl methyl sites for hydroxylation is 1. The smallest absolute Gasteiger partial charge is 0.268 e. The average Bonchev–Trinajstić information content (AvgIpc) is 3.18. The van der Waals surface area contributed by atoms with Gasteiger partial charge in [0.1, 0.15) is 6.04 Å². The molecule has 26 heavy (non-hydrogen) atoms. The summed E-state index contributed by atoms with van der Waals surface area (Å²) in [5.74, 6) is 0.471. The zero-order chi connectivity index (χ0) is 18.5. The minimum atomic E-state index is -0.253. The average molecular weight is 358 g/mol. The summed E-state index contributed by atoms with van der Waals surface area (Å²) in [6, 6.07) is 3.21. The van der Waals surface area contributed by atoms with E-state index < -0.39 is 0 Å². The minimum Gasteiger partial charge on any atom is -0.370 e. The largest absolute Gasteiger partial charge is 0.370 e. The van der Waals surface area contributed by atoms with Gasteiger partial charge in [0, 0.05) is 45.1 Å². The zero-order valence-electron chi connectivity index (χ0n) is 15.3. The molecule has 1 atom stereocenters. The zero-order valence-corrected chi connectivity index (χ0v) is 15.3. The highest BCUT2D eigenvalue weighted by Crippen LogP contribution is 2.21. The van der Waals surface area contributed by atoms with Crippen molar-refractivity contribution in [1.82, 2.24) is 24.9 Å². The molecule has 1 amide bonds. The van der Waals surface area contributed by atoms with E-state index in [4.69, 9.17) is 0 Å². The number of carbonyl (C=O) groups excluding carboxylic acids is 1. The summed E-state index contributed by atoms with van der Waals surface area (Å²) in [7, 11) is 1.65. The molecule has 3 rings (SSSR count). The first-order valence-electron chi connectivity index (χ1n) is 9.13. The van der Waals surface area contributed by atoms with E-state index in [1.54, 1.807) is 30.2 Å². The van der Waals surface area contributed by atoms with E-state index in [-0.39, 0.29) is 17.5 Å². The highest BCUT2D eigenvalue weighted by atomic mass is 16.2. The Morgan fingerprint density at radius 3 is 2.73 bits per heavy atom. The van der Waals surface area contributed by atoms with Crippen molar-refractivity contribution >= 4 is 11.6 Å². The lowest BCUT2D eigenvalue weighted by Crippen LogP contribution is -2.41. The van der Waals surface area contributed by atoms with Gasteiger partial charge in [-0.05, 0) is 31.2 Å². The fourth-order valence-corrected chi connectivity index (χ4v) is 3.35. The van der Waals surface area contributed by atoms with Crippen molar-refractivity contribution in [1.29, 1.82) is 0 Å². The van der Waals surface area contributed by atoms with Crippen LogP contribution in [-0.4, -0.2) is 45.1 Å². The van der Waals surface area contributed by atoms with Gasteiger partial charge >= 0.3 is 0 Å². The number of piperidine rings is 1. The van der Waals surface area contributed by atoms with E-state index in [0.29, 0.717) is 18.9 Å². The number of anilines is 1. The van der Waals surface area contributed by atoms with Gasteiger partial charge in [-0.1, -0.05) is 6.92 Å². The molecular weight excluding hydrogens is 332 g/mol. The van der Waals surface area contributed by atoms with Crippen LogP contribution in [0.2, 0.25) is 0 Å². The lowest BCUT2D eigenvalue weighted by atomic mass is 9.96. The molecule has 1 saturated heterocycles. The molecule has 0 unspecified atom stereocenters. The number of carbonyl (C=O) groups is 1. The summed E-state index contributed by atoms with van der Waals surface area (Å²) in [5.41, 5.74) is 0.779. The highest BCUT2D eigenvalue weighted by molar-refractivity contribution is 5.80. The fourth-order valence-electron chi connectivity index (χ4n) is 3.35. The molecule has 3 heterocycles. The molecule has 1 N–H and O–H groups in total. The lowest BCUT2D eigenvalue weighted by molar-refractivity contribution is -0.124. The van der Waals surface area contributed by atoms with Crippen LogP contribution in [0.4, 0.5) is 5.69 Å². The Morgan fingerprint density at radius 1 is 1.35 bits per heavy atom. The van der Waals surface area contributed by atoms with Crippen LogP contribution in [0.1, 0.15) is 32.2 Å². The molecule has 1 fully saturated rings. The standard InChI is InChI=1S/C18H26N6O2/c1-3-16(24-8-4-7-20-24)18(26)19-12-14-5-9-23(10-6-14)15-11-17(25)22(2)21-13-15/h4,7-8,11,13-14,16H,3,5-6,9-10,12H2,1-2H3,(H,19,26)/t16-/m0/s1. The van der Waals surface area contributed by atoms with E-state index >= 15 is 0 Å². The summed E-state index contributed by atoms with van der Waals surface area (Å²) < 4.78 is 3.04. The van der Waals surface area contributed by atoms with E-state index in [9.17, 15) is 9.59 Å². The van der Waals surface area contributed by atoms with Crippen molar-refractivity contribution in [2.45, 2.75) is 32.2 Å². The quantitative estimate of drug-likeness (QED) is 0.831. The van der Waals surface area contributed by atoms with Crippen molar-refractivity contribution in [3.63, 3.8) is 0 Å². The van der Waals surface area contributed by atoms with Crippen LogP contribution < -0.4 is 15.8 Å². The van der Waals surface area contributed by atoms with Crippen LogP contribution in [0.25, 0.3) is 0 Å². The van der Waals surface area contributed by atoms with E-state index in [1.165, 1.54) is 4.68 Å². The third kappa shape index (κ3) is 4.12. The van der Waals surface area contributed by atoms with Crippen molar-refractivity contribution in [3.05, 3.63) is 41.1 Å². The maximum atomic E-state index is 12.4. The molecule has 0 spiro atoms. The second kappa shape index (κ2) is 8.16. The number of amides is 1. The Labute approximate surface area is 152 Å². The molecule has 1 aliphatic rings. The van der Waals surface area contributed by atoms with Crippen LogP contribution in [0.3, 0.4) is 0 Å². The number of aromatic nitrogens is 4. The number of hydrogen-bond acceptors (Lipinski definition) is 5. The summed E-state index contributed by atoms with van der Waals surface area (Å²) >= 11 is 0. The number of rotatable bonds is 6. The normalized spacial score (nSPS) is 16.5. The van der Waals surface area contributed by atoms with Crippen molar-refractivity contribution in [2.24, 2.45) is 13.0 Å². The van der Waals surface area contributed by atoms with Crippen molar-refractivity contribution in [2.75, 3.05) is 24.5 Å². The van der Waals surface area contributed by atoms with Crippen LogP contribution in [0, 0.1) is 5.92 Å². The van der Waals surface area contributed by atoms with Crippen molar-refractivity contribution in [3.8, 4) is 0 Å². The summed E-state index contributed by atoms with van der Waals surface area (Å²) in [4.78, 5) is 26.4. The summed E-state index contributed by atoms with van der Waals surface area (Å²) in [6.45, 7) is 4.40. The minimum absolute atomic E-state index is 0.0226. The van der Waals surface area contributed by atoms with Crippen LogP contribution >= 0.6 is 0 Å². The first kappa shape index (κ1) is 18.2. The topological polar surface area (TPSA) is 85.0 Å². The van der Waals surface area contributed by atoms with Crippen molar-refractivity contribution < 1.29 is 4.79 Å². The van der Waals surface area contributed by atoms with Gasteiger partial charge in [-0.25, -0.2) is 4.68 Å². The first-order valence-corrected chi connectivity index (χ1v) is 9.13. The molecule has 1 aliphatic heterocycles. The lowest BCUT2D eigenvalue weighted by Gasteiger charge is -2.33. The second-order valence-corrected chi connectivity index (χ2v) is 6.76. The Bertz CT molecular complexity index is 777. The number of nitrogens with one attached hydrogen (secondary N) is 1. The molecule has 0 radical (unpaired) electrons. The van der Waals surface area contributed by atoms with Gasteiger partial charge in [-0.2, -0.15) is 10.2 Å². The van der Waals surface area contributed by atoms with E-state index in [2.05, 4.69) is 20.4 Å². The number of nitrogens with zero attached hydrogens (tertiary/aromatic N) is 5. The maximum Gasteiger partial charge on any atom is 0.268 e. The first-order chi connectivity index (χ1) is 12.6. The van der Waals surface area contributed by atoms with Crippen LogP contribution in [0.15, 0.2) is 35.5 Å². The van der Waals surface area contributed by atoms with E-state index in [0.717, 1.165) is 31.6 Å². The predicted octanol–water partition coefficient (Wildman–Crippen LogP) is 0.961. The highest BCUT2D eigenvalue weighted by Gasteiger charge is 2.23. The molecule has 0 aromatic carbocycles. The van der Waals surface area contributed by atoms with Gasteiger partial charge in [-0.15, -0.1) is 0 Å². The molecule has 8 heteroatoms. The molecular formula is C18H26N6O2. The molecule has 2 aromatic heterocycles. The maximum absolute atomic E-state index is 12.4. The van der Waals surface area contributed by atoms with E-state index in [1.807, 2.05) is 19.2 Å². The Morgan fingerprint density at radius 2 is 2.12 bits per heavy atom. The molecule has 0 aliphatic carbocycles. The molecule has 140 valence electrons. The third-order valence-corrected chi connectivity index (χ3v) is 5.03. The van der Waals surface area contributed by atoms with Gasteiger partial charge in [0.25, 0.3) is 5.56 Å².